The van der Waals surface area contributed by atoms with E-state index in [4.69, 9.17) is 10.5 Å². The van der Waals surface area contributed by atoms with Gasteiger partial charge in [0.1, 0.15) is 11.4 Å². The molecule has 2 rings (SSSR count). The Morgan fingerprint density at radius 1 is 1.28 bits per heavy atom. The number of ether oxygens (including phenoxy) is 1. The molecule has 2 heteroatoms. The van der Waals surface area contributed by atoms with Gasteiger partial charge in [-0.15, -0.1) is 0 Å². The van der Waals surface area contributed by atoms with E-state index in [2.05, 4.69) is 19.9 Å². The molecule has 0 aromatic heterocycles. The van der Waals surface area contributed by atoms with E-state index in [1.54, 1.807) is 0 Å². The van der Waals surface area contributed by atoms with E-state index in [1.165, 1.54) is 25.7 Å². The molecule has 0 spiro atoms. The van der Waals surface area contributed by atoms with Crippen molar-refractivity contribution >= 4 is 0 Å². The first-order chi connectivity index (χ1) is 8.64. The lowest BCUT2D eigenvalue weighted by atomic mass is 9.85. The highest BCUT2D eigenvalue weighted by Gasteiger charge is 2.34. The fraction of sp³-hybridized carbons (Fsp3) is 0.625. The van der Waals surface area contributed by atoms with Gasteiger partial charge in [0.15, 0.2) is 0 Å². The number of hydrogen-bond acceptors (Lipinski definition) is 2. The van der Waals surface area contributed by atoms with Crippen LogP contribution in [0.4, 0.5) is 0 Å². The van der Waals surface area contributed by atoms with Gasteiger partial charge in [0.05, 0.1) is 0 Å². The van der Waals surface area contributed by atoms with Gasteiger partial charge in [0.2, 0.25) is 0 Å². The zero-order chi connectivity index (χ0) is 13.0. The highest BCUT2D eigenvalue weighted by molar-refractivity contribution is 5.38. The number of rotatable bonds is 5. The zero-order valence-corrected chi connectivity index (χ0v) is 11.6. The van der Waals surface area contributed by atoms with Crippen LogP contribution in [-0.4, -0.2) is 5.60 Å². The number of para-hydroxylation sites is 1. The first kappa shape index (κ1) is 13.4. The Morgan fingerprint density at radius 2 is 2.06 bits per heavy atom. The summed E-state index contributed by atoms with van der Waals surface area (Å²) in [7, 11) is 0. The van der Waals surface area contributed by atoms with Crippen LogP contribution in [-0.2, 0) is 0 Å². The summed E-state index contributed by atoms with van der Waals surface area (Å²) in [6.45, 7) is 4.44. The summed E-state index contributed by atoms with van der Waals surface area (Å²) < 4.78 is 6.19. The van der Waals surface area contributed by atoms with Crippen molar-refractivity contribution < 1.29 is 4.74 Å². The minimum atomic E-state index is -0.0818. The molecule has 0 fully saturated rings. The predicted molar refractivity (Wildman–Crippen MR) is 75.8 cm³/mol. The van der Waals surface area contributed by atoms with E-state index in [0.29, 0.717) is 0 Å². The molecule has 1 aliphatic heterocycles. The molecule has 2 atom stereocenters. The van der Waals surface area contributed by atoms with E-state index in [0.717, 1.165) is 24.2 Å². The molecular formula is C16H25NO. The molecule has 0 saturated heterocycles. The Kier molecular flexibility index (Phi) is 4.28. The van der Waals surface area contributed by atoms with Crippen LogP contribution in [0.25, 0.3) is 0 Å². The second kappa shape index (κ2) is 5.75. The van der Waals surface area contributed by atoms with Crippen LogP contribution >= 0.6 is 0 Å². The van der Waals surface area contributed by atoms with E-state index in [1.807, 2.05) is 18.2 Å². The van der Waals surface area contributed by atoms with Crippen LogP contribution in [0.5, 0.6) is 5.75 Å². The Morgan fingerprint density at radius 3 is 2.83 bits per heavy atom. The first-order valence-electron chi connectivity index (χ1n) is 7.18. The van der Waals surface area contributed by atoms with Gasteiger partial charge in [-0.1, -0.05) is 44.4 Å². The largest absolute Gasteiger partial charge is 0.487 e. The van der Waals surface area contributed by atoms with E-state index < -0.39 is 0 Å². The van der Waals surface area contributed by atoms with E-state index in [-0.39, 0.29) is 11.6 Å². The summed E-state index contributed by atoms with van der Waals surface area (Å²) in [5.74, 6) is 0.981. The molecule has 2 nitrogen and oxygen atoms in total. The minimum Gasteiger partial charge on any atom is -0.487 e. The van der Waals surface area contributed by atoms with E-state index >= 15 is 0 Å². The highest BCUT2D eigenvalue weighted by atomic mass is 16.5. The fourth-order valence-corrected chi connectivity index (χ4v) is 2.84. The lowest BCUT2D eigenvalue weighted by Crippen LogP contribution is -2.40. The van der Waals surface area contributed by atoms with Crippen molar-refractivity contribution in [2.24, 2.45) is 5.73 Å². The third-order valence-electron chi connectivity index (χ3n) is 3.89. The third-order valence-corrected chi connectivity index (χ3v) is 3.89. The molecule has 1 aliphatic rings. The maximum Gasteiger partial charge on any atom is 0.124 e. The van der Waals surface area contributed by atoms with Crippen molar-refractivity contribution in [2.45, 2.75) is 64.0 Å². The quantitative estimate of drug-likeness (QED) is 0.791. The Balaban J connectivity index is 2.00. The number of fused-ring (bicyclic) bond motifs is 1. The maximum absolute atomic E-state index is 6.27. The van der Waals surface area contributed by atoms with Crippen LogP contribution in [0.2, 0.25) is 0 Å². The van der Waals surface area contributed by atoms with Gasteiger partial charge in [-0.25, -0.2) is 0 Å². The average Bonchev–Trinajstić information content (AvgIpc) is 2.35. The standard InChI is InChI=1S/C16H25NO/c1-3-4-5-8-11-16(2)12-14(17)13-9-6-7-10-15(13)18-16/h6-7,9-10,14H,3-5,8,11-12,17H2,1-2H3/t14-,16?/m0/s1. The lowest BCUT2D eigenvalue weighted by molar-refractivity contribution is 0.0430. The molecule has 0 saturated carbocycles. The smallest absolute Gasteiger partial charge is 0.124 e. The second-order valence-electron chi connectivity index (χ2n) is 5.71. The van der Waals surface area contributed by atoms with Gasteiger partial charge in [0, 0.05) is 18.0 Å². The number of nitrogens with two attached hydrogens (primary N) is 1. The topological polar surface area (TPSA) is 35.2 Å². The third kappa shape index (κ3) is 3.05. The van der Waals surface area contributed by atoms with Gasteiger partial charge < -0.3 is 10.5 Å². The Bertz CT molecular complexity index is 390. The van der Waals surface area contributed by atoms with Gasteiger partial charge in [-0.3, -0.25) is 0 Å². The molecule has 0 amide bonds. The van der Waals surface area contributed by atoms with Crippen molar-refractivity contribution in [2.75, 3.05) is 0 Å². The van der Waals surface area contributed by atoms with Crippen LogP contribution in [0.3, 0.4) is 0 Å². The van der Waals surface area contributed by atoms with Gasteiger partial charge in [-0.05, 0) is 25.8 Å². The van der Waals surface area contributed by atoms with E-state index in [9.17, 15) is 0 Å². The molecule has 1 unspecified atom stereocenters. The molecule has 0 bridgehead atoms. The highest BCUT2D eigenvalue weighted by Crippen LogP contribution is 2.40. The van der Waals surface area contributed by atoms with Gasteiger partial charge in [-0.2, -0.15) is 0 Å². The normalized spacial score (nSPS) is 26.5. The SMILES string of the molecule is CCCCCCC1(C)C[C@H](N)c2ccccc2O1. The molecule has 1 heterocycles. The molecule has 0 radical (unpaired) electrons. The van der Waals surface area contributed by atoms with Gasteiger partial charge >= 0.3 is 0 Å². The summed E-state index contributed by atoms with van der Waals surface area (Å²) in [6.07, 6.45) is 7.16. The molecule has 1 aromatic carbocycles. The van der Waals surface area contributed by atoms with Crippen LogP contribution in [0, 0.1) is 0 Å². The van der Waals surface area contributed by atoms with Crippen LogP contribution in [0.15, 0.2) is 24.3 Å². The molecule has 2 N–H and O–H groups in total. The van der Waals surface area contributed by atoms with Crippen LogP contribution < -0.4 is 10.5 Å². The second-order valence-corrected chi connectivity index (χ2v) is 5.71. The van der Waals surface area contributed by atoms with Crippen molar-refractivity contribution in [3.05, 3.63) is 29.8 Å². The summed E-state index contributed by atoms with van der Waals surface area (Å²) in [4.78, 5) is 0. The summed E-state index contributed by atoms with van der Waals surface area (Å²) in [5, 5.41) is 0. The Hall–Kier alpha value is -1.02. The monoisotopic (exact) mass is 247 g/mol. The number of hydrogen-bond donors (Lipinski definition) is 1. The minimum absolute atomic E-state index is 0.0818. The Labute approximate surface area is 111 Å². The average molecular weight is 247 g/mol. The molecule has 1 aromatic rings. The van der Waals surface area contributed by atoms with Crippen LogP contribution in [0.1, 0.15) is 64.0 Å². The lowest BCUT2D eigenvalue weighted by Gasteiger charge is -2.39. The molecule has 0 aliphatic carbocycles. The van der Waals surface area contributed by atoms with Crippen molar-refractivity contribution in [3.8, 4) is 5.75 Å². The zero-order valence-electron chi connectivity index (χ0n) is 11.6. The van der Waals surface area contributed by atoms with Crippen molar-refractivity contribution in [3.63, 3.8) is 0 Å². The molecular weight excluding hydrogens is 222 g/mol. The number of benzene rings is 1. The molecule has 100 valence electrons. The van der Waals surface area contributed by atoms with Gasteiger partial charge in [0.25, 0.3) is 0 Å². The van der Waals surface area contributed by atoms with Crippen molar-refractivity contribution in [1.82, 2.24) is 0 Å². The van der Waals surface area contributed by atoms with Crippen molar-refractivity contribution in [1.29, 1.82) is 0 Å². The number of unbranched alkanes of at least 4 members (excludes halogenated alkanes) is 3. The maximum atomic E-state index is 6.27. The first-order valence-corrected chi connectivity index (χ1v) is 7.18. The summed E-state index contributed by atoms with van der Waals surface area (Å²) >= 11 is 0. The molecule has 18 heavy (non-hydrogen) atoms. The fourth-order valence-electron chi connectivity index (χ4n) is 2.84. The summed E-state index contributed by atoms with van der Waals surface area (Å²) in [5.41, 5.74) is 7.35. The summed E-state index contributed by atoms with van der Waals surface area (Å²) in [6, 6.07) is 8.29. The predicted octanol–water partition coefficient (Wildman–Crippen LogP) is 4.20.